The van der Waals surface area contributed by atoms with Gasteiger partial charge in [-0.25, -0.2) is 0 Å². The highest BCUT2D eigenvalue weighted by Gasteiger charge is 2.27. The summed E-state index contributed by atoms with van der Waals surface area (Å²) in [5.74, 6) is 0. The van der Waals surface area contributed by atoms with Gasteiger partial charge in [0.2, 0.25) is 0 Å². The van der Waals surface area contributed by atoms with Crippen molar-refractivity contribution in [1.82, 2.24) is 5.32 Å². The Balaban J connectivity index is 2.53. The minimum atomic E-state index is 0.279. The van der Waals surface area contributed by atoms with E-state index < -0.39 is 0 Å². The Kier molecular flexibility index (Phi) is 1.85. The quantitative estimate of drug-likeness (QED) is 0.699. The first kappa shape index (κ1) is 8.32. The first-order valence-corrected chi connectivity index (χ1v) is 4.44. The number of likely N-dealkylation sites (N-methyl/N-ethyl adjacent to an activating group) is 2. The third-order valence-electron chi connectivity index (χ3n) is 2.66. The van der Waals surface area contributed by atoms with Gasteiger partial charge < -0.3 is 10.2 Å². The van der Waals surface area contributed by atoms with Crippen molar-refractivity contribution in [2.75, 3.05) is 19.0 Å². The van der Waals surface area contributed by atoms with Crippen LogP contribution in [0.4, 0.5) is 5.69 Å². The van der Waals surface area contributed by atoms with Gasteiger partial charge in [0.25, 0.3) is 0 Å². The van der Waals surface area contributed by atoms with Crippen LogP contribution in [0, 0.1) is 0 Å². The lowest BCUT2D eigenvalue weighted by Crippen LogP contribution is -2.19. The molecule has 0 spiro atoms. The van der Waals surface area contributed by atoms with E-state index in [1.165, 1.54) is 11.3 Å². The Morgan fingerprint density at radius 2 is 2.08 bits per heavy atom. The van der Waals surface area contributed by atoms with Crippen molar-refractivity contribution < 1.29 is 0 Å². The number of fused-ring (bicyclic) bond motifs is 1. The molecule has 1 unspecified atom stereocenters. The predicted molar refractivity (Wildman–Crippen MR) is 55.8 cm³/mol. The van der Waals surface area contributed by atoms with E-state index in [2.05, 4.69) is 48.1 Å². The van der Waals surface area contributed by atoms with Crippen LogP contribution >= 0.6 is 0 Å². The highest BCUT2D eigenvalue weighted by molar-refractivity contribution is 5.66. The number of nitrogens with zero attached hydrogens (tertiary/aromatic N) is 1. The van der Waals surface area contributed by atoms with Crippen molar-refractivity contribution >= 4 is 5.69 Å². The van der Waals surface area contributed by atoms with Crippen LogP contribution in [0.25, 0.3) is 0 Å². The molecule has 1 aromatic rings. The smallest absolute Gasteiger partial charge is 0.0743 e. The van der Waals surface area contributed by atoms with E-state index >= 15 is 0 Å². The van der Waals surface area contributed by atoms with Gasteiger partial charge in [-0.1, -0.05) is 24.8 Å². The zero-order valence-electron chi connectivity index (χ0n) is 8.04. The first-order chi connectivity index (χ1) is 6.25. The van der Waals surface area contributed by atoms with E-state index in [4.69, 9.17) is 0 Å². The molecule has 1 N–H and O–H groups in total. The zero-order valence-corrected chi connectivity index (χ0v) is 8.04. The fourth-order valence-corrected chi connectivity index (χ4v) is 1.89. The van der Waals surface area contributed by atoms with Gasteiger partial charge in [-0.15, -0.1) is 0 Å². The fourth-order valence-electron chi connectivity index (χ4n) is 1.89. The normalized spacial score (nSPS) is 20.6. The SMILES string of the molecule is C=C1C(NC)c2ccccc2N1C. The van der Waals surface area contributed by atoms with Gasteiger partial charge in [0, 0.05) is 18.4 Å². The standard InChI is InChI=1S/C11H14N2/c1-8-11(12-2)9-6-4-5-7-10(9)13(8)3/h4-7,11-12H,1H2,2-3H3. The van der Waals surface area contributed by atoms with Gasteiger partial charge in [0.15, 0.2) is 0 Å². The highest BCUT2D eigenvalue weighted by Crippen LogP contribution is 2.39. The van der Waals surface area contributed by atoms with Crippen LogP contribution < -0.4 is 10.2 Å². The summed E-state index contributed by atoms with van der Waals surface area (Å²) < 4.78 is 0. The summed E-state index contributed by atoms with van der Waals surface area (Å²) in [6.45, 7) is 4.07. The maximum atomic E-state index is 4.07. The topological polar surface area (TPSA) is 15.3 Å². The van der Waals surface area contributed by atoms with Crippen LogP contribution in [0.5, 0.6) is 0 Å². The van der Waals surface area contributed by atoms with Crippen LogP contribution in [-0.2, 0) is 0 Å². The monoisotopic (exact) mass is 174 g/mol. The molecule has 2 heteroatoms. The molecule has 2 nitrogen and oxygen atoms in total. The van der Waals surface area contributed by atoms with Crippen molar-refractivity contribution in [1.29, 1.82) is 0 Å². The molecule has 2 rings (SSSR count). The zero-order chi connectivity index (χ0) is 9.42. The molecular formula is C11H14N2. The molecule has 0 saturated carbocycles. The number of rotatable bonds is 1. The number of hydrogen-bond acceptors (Lipinski definition) is 2. The summed E-state index contributed by atoms with van der Waals surface area (Å²) in [5, 5.41) is 3.26. The van der Waals surface area contributed by atoms with E-state index in [0.717, 1.165) is 5.70 Å². The third-order valence-corrected chi connectivity index (χ3v) is 2.66. The number of para-hydroxylation sites is 1. The van der Waals surface area contributed by atoms with Crippen LogP contribution in [0.1, 0.15) is 11.6 Å². The van der Waals surface area contributed by atoms with Gasteiger partial charge in [0.1, 0.15) is 0 Å². The second-order valence-corrected chi connectivity index (χ2v) is 3.33. The predicted octanol–water partition coefficient (Wildman–Crippen LogP) is 1.91. The van der Waals surface area contributed by atoms with Crippen molar-refractivity contribution in [3.8, 4) is 0 Å². The van der Waals surface area contributed by atoms with Crippen LogP contribution in [0.15, 0.2) is 36.5 Å². The lowest BCUT2D eigenvalue weighted by molar-refractivity contribution is 0.693. The number of hydrogen-bond donors (Lipinski definition) is 1. The maximum absolute atomic E-state index is 4.07. The first-order valence-electron chi connectivity index (χ1n) is 4.44. The van der Waals surface area contributed by atoms with Gasteiger partial charge in [-0.05, 0) is 18.7 Å². The minimum Gasteiger partial charge on any atom is -0.347 e. The van der Waals surface area contributed by atoms with Crippen molar-refractivity contribution in [3.05, 3.63) is 42.1 Å². The van der Waals surface area contributed by atoms with Gasteiger partial charge in [-0.2, -0.15) is 0 Å². The summed E-state index contributed by atoms with van der Waals surface area (Å²) in [5.41, 5.74) is 3.69. The molecule has 68 valence electrons. The van der Waals surface area contributed by atoms with Crippen molar-refractivity contribution in [3.63, 3.8) is 0 Å². The largest absolute Gasteiger partial charge is 0.347 e. The molecule has 0 amide bonds. The van der Waals surface area contributed by atoms with Crippen LogP contribution in [-0.4, -0.2) is 14.1 Å². The second kappa shape index (κ2) is 2.89. The molecule has 0 fully saturated rings. The van der Waals surface area contributed by atoms with E-state index in [0.29, 0.717) is 0 Å². The number of nitrogens with one attached hydrogen (secondary N) is 1. The average molecular weight is 174 g/mol. The van der Waals surface area contributed by atoms with E-state index in [-0.39, 0.29) is 6.04 Å². The number of anilines is 1. The van der Waals surface area contributed by atoms with Crippen molar-refractivity contribution in [2.45, 2.75) is 6.04 Å². The lowest BCUT2D eigenvalue weighted by atomic mass is 10.1. The summed E-state index contributed by atoms with van der Waals surface area (Å²) >= 11 is 0. The molecule has 13 heavy (non-hydrogen) atoms. The molecule has 1 aromatic carbocycles. The summed E-state index contributed by atoms with van der Waals surface area (Å²) in [7, 11) is 4.02. The summed E-state index contributed by atoms with van der Waals surface area (Å²) in [6.07, 6.45) is 0. The maximum Gasteiger partial charge on any atom is 0.0743 e. The van der Waals surface area contributed by atoms with Crippen LogP contribution in [0.3, 0.4) is 0 Å². The molecular weight excluding hydrogens is 160 g/mol. The second-order valence-electron chi connectivity index (χ2n) is 3.33. The van der Waals surface area contributed by atoms with Gasteiger partial charge in [0.05, 0.1) is 6.04 Å². The van der Waals surface area contributed by atoms with E-state index in [9.17, 15) is 0 Å². The Morgan fingerprint density at radius 3 is 2.77 bits per heavy atom. The molecule has 0 aromatic heterocycles. The van der Waals surface area contributed by atoms with Crippen LogP contribution in [0.2, 0.25) is 0 Å². The Labute approximate surface area is 78.9 Å². The van der Waals surface area contributed by atoms with Crippen molar-refractivity contribution in [2.24, 2.45) is 0 Å². The van der Waals surface area contributed by atoms with E-state index in [1.54, 1.807) is 0 Å². The molecule has 0 radical (unpaired) electrons. The fraction of sp³-hybridized carbons (Fsp3) is 0.273. The molecule has 1 heterocycles. The third kappa shape index (κ3) is 1.06. The molecule has 0 aliphatic carbocycles. The minimum absolute atomic E-state index is 0.279. The Morgan fingerprint density at radius 1 is 1.38 bits per heavy atom. The van der Waals surface area contributed by atoms with Gasteiger partial charge >= 0.3 is 0 Å². The Bertz CT molecular complexity index is 344. The molecule has 0 bridgehead atoms. The summed E-state index contributed by atoms with van der Waals surface area (Å²) in [6, 6.07) is 8.67. The molecule has 0 saturated heterocycles. The molecule has 1 aliphatic rings. The number of benzene rings is 1. The van der Waals surface area contributed by atoms with Gasteiger partial charge in [-0.3, -0.25) is 0 Å². The highest BCUT2D eigenvalue weighted by atomic mass is 15.2. The van der Waals surface area contributed by atoms with E-state index in [1.807, 2.05) is 7.05 Å². The molecule has 1 aliphatic heterocycles. The summed E-state index contributed by atoms with van der Waals surface area (Å²) in [4.78, 5) is 2.14. The lowest BCUT2D eigenvalue weighted by Gasteiger charge is -2.15. The average Bonchev–Trinajstić information content (AvgIpc) is 2.41. The Hall–Kier alpha value is -1.28. The molecule has 1 atom stereocenters.